The van der Waals surface area contributed by atoms with E-state index in [4.69, 9.17) is 21.4 Å². The Morgan fingerprint density at radius 3 is 2.61 bits per heavy atom. The Hall–Kier alpha value is -4.64. The van der Waals surface area contributed by atoms with Crippen LogP contribution in [0.5, 0.6) is 5.75 Å². The monoisotopic (exact) mass is 487 g/mol. The van der Waals surface area contributed by atoms with Gasteiger partial charge in [-0.15, -0.1) is 5.10 Å². The molecule has 3 aromatic heterocycles. The van der Waals surface area contributed by atoms with Crippen molar-refractivity contribution in [3.63, 3.8) is 0 Å². The fourth-order valence-electron chi connectivity index (χ4n) is 3.62. The van der Waals surface area contributed by atoms with Crippen molar-refractivity contribution in [1.82, 2.24) is 24.6 Å². The minimum atomic E-state index is 0.0738. The lowest BCUT2D eigenvalue weighted by molar-refractivity contribution is 0.112. The molecular weight excluding hydrogens is 458 g/mol. The summed E-state index contributed by atoms with van der Waals surface area (Å²) in [5.74, 6) is 7.15. The number of carbonyl (C=O) groups excluding carboxylic acids is 1. The van der Waals surface area contributed by atoms with Crippen LogP contribution in [0.1, 0.15) is 29.9 Å². The lowest BCUT2D eigenvalue weighted by atomic mass is 10.1. The van der Waals surface area contributed by atoms with E-state index in [0.29, 0.717) is 45.6 Å². The van der Waals surface area contributed by atoms with Crippen molar-refractivity contribution < 1.29 is 9.53 Å². The molecule has 0 unspecified atom stereocenters. The van der Waals surface area contributed by atoms with Gasteiger partial charge in [-0.1, -0.05) is 6.07 Å². The number of ether oxygens (including phenoxy) is 1. The molecule has 0 aliphatic heterocycles. The number of pyridine rings is 1. The van der Waals surface area contributed by atoms with Crippen molar-refractivity contribution in [3.05, 3.63) is 66.2 Å². The topological polar surface area (TPSA) is 149 Å². The maximum Gasteiger partial charge on any atom is 0.177 e. The predicted molar refractivity (Wildman–Crippen MR) is 141 cm³/mol. The number of fused-ring (bicyclic) bond motifs is 1. The fraction of sp³-hybridized carbons (Fsp3) is 0.200. The SMILES string of the molecule is CNc1cc(Nc2cccc(-c3ccc(C=O)cn3)c2OC)nn2c(/C(N)=C/N(N)C(C)C)cnc12. The molecule has 6 N–H and O–H groups in total. The van der Waals surface area contributed by atoms with Gasteiger partial charge in [-0.25, -0.2) is 15.3 Å². The van der Waals surface area contributed by atoms with E-state index in [-0.39, 0.29) is 6.04 Å². The Morgan fingerprint density at radius 1 is 1.17 bits per heavy atom. The number of carbonyl (C=O) groups is 1. The third-order valence-corrected chi connectivity index (χ3v) is 5.60. The summed E-state index contributed by atoms with van der Waals surface area (Å²) in [6.07, 6.45) is 5.59. The Kier molecular flexibility index (Phi) is 7.02. The van der Waals surface area contributed by atoms with E-state index < -0.39 is 0 Å². The van der Waals surface area contributed by atoms with Gasteiger partial charge in [0.25, 0.3) is 0 Å². The molecule has 11 heteroatoms. The molecule has 0 fully saturated rings. The molecule has 0 amide bonds. The highest BCUT2D eigenvalue weighted by Gasteiger charge is 2.16. The van der Waals surface area contributed by atoms with Crippen molar-refractivity contribution in [1.29, 1.82) is 0 Å². The van der Waals surface area contributed by atoms with Crippen LogP contribution in [0.4, 0.5) is 17.2 Å². The summed E-state index contributed by atoms with van der Waals surface area (Å²) in [4.78, 5) is 19.9. The third kappa shape index (κ3) is 4.77. The maximum absolute atomic E-state index is 11.0. The molecule has 3 heterocycles. The molecule has 0 bridgehead atoms. The molecule has 0 saturated carbocycles. The molecule has 4 rings (SSSR count). The number of benzene rings is 1. The van der Waals surface area contributed by atoms with Crippen LogP contribution in [-0.4, -0.2) is 51.1 Å². The summed E-state index contributed by atoms with van der Waals surface area (Å²) in [5.41, 5.74) is 11.3. The van der Waals surface area contributed by atoms with Crippen molar-refractivity contribution in [2.24, 2.45) is 11.6 Å². The van der Waals surface area contributed by atoms with Crippen molar-refractivity contribution >= 4 is 34.8 Å². The number of hydrazine groups is 1. The van der Waals surface area contributed by atoms with Gasteiger partial charge in [0, 0.05) is 42.7 Å². The standard InChI is InChI=1S/C25H29N9O2/c1-15(2)33(27)13-18(26)22-12-30-25-21(28-3)10-23(32-34(22)25)31-20-7-5-6-17(24(20)36-4)19-9-8-16(14-35)11-29-19/h5-15,28H,26-27H2,1-4H3,(H,31,32)/b18-13-. The number of imidazole rings is 1. The number of rotatable bonds is 9. The van der Waals surface area contributed by atoms with Gasteiger partial charge in [0.05, 0.1) is 36.1 Å². The van der Waals surface area contributed by atoms with Crippen LogP contribution in [0, 0.1) is 0 Å². The van der Waals surface area contributed by atoms with Gasteiger partial charge in [0.15, 0.2) is 23.5 Å². The van der Waals surface area contributed by atoms with Crippen molar-refractivity contribution in [2.75, 3.05) is 24.8 Å². The summed E-state index contributed by atoms with van der Waals surface area (Å²) < 4.78 is 7.39. The van der Waals surface area contributed by atoms with E-state index in [9.17, 15) is 4.79 Å². The first-order chi connectivity index (χ1) is 17.4. The number of nitrogens with zero attached hydrogens (tertiary/aromatic N) is 5. The molecule has 0 radical (unpaired) electrons. The Bertz CT molecular complexity index is 1410. The number of hydrogen-bond donors (Lipinski definition) is 4. The zero-order valence-corrected chi connectivity index (χ0v) is 20.6. The quantitative estimate of drug-likeness (QED) is 0.157. The van der Waals surface area contributed by atoms with Crippen LogP contribution in [0.15, 0.2) is 55.0 Å². The second-order valence-corrected chi connectivity index (χ2v) is 8.30. The van der Waals surface area contributed by atoms with E-state index in [1.807, 2.05) is 45.2 Å². The molecule has 1 aromatic carbocycles. The van der Waals surface area contributed by atoms with Gasteiger partial charge < -0.3 is 26.1 Å². The fourth-order valence-corrected chi connectivity index (χ4v) is 3.62. The molecule has 36 heavy (non-hydrogen) atoms. The van der Waals surface area contributed by atoms with Gasteiger partial charge >= 0.3 is 0 Å². The molecule has 0 saturated heterocycles. The first-order valence-electron chi connectivity index (χ1n) is 11.3. The van der Waals surface area contributed by atoms with Crippen LogP contribution in [0.3, 0.4) is 0 Å². The number of aldehydes is 1. The summed E-state index contributed by atoms with van der Waals surface area (Å²) in [6, 6.07) is 11.1. The smallest absolute Gasteiger partial charge is 0.177 e. The van der Waals surface area contributed by atoms with Crippen molar-refractivity contribution in [2.45, 2.75) is 19.9 Å². The molecule has 0 atom stereocenters. The second kappa shape index (κ2) is 10.3. The summed E-state index contributed by atoms with van der Waals surface area (Å²) >= 11 is 0. The third-order valence-electron chi connectivity index (χ3n) is 5.60. The van der Waals surface area contributed by atoms with Gasteiger partial charge in [-0.05, 0) is 38.1 Å². The summed E-state index contributed by atoms with van der Waals surface area (Å²) in [7, 11) is 3.40. The molecule has 186 valence electrons. The zero-order chi connectivity index (χ0) is 25.8. The highest BCUT2D eigenvalue weighted by Crippen LogP contribution is 2.37. The summed E-state index contributed by atoms with van der Waals surface area (Å²) in [5, 5.41) is 12.7. The maximum atomic E-state index is 11.0. The van der Waals surface area contributed by atoms with Crippen LogP contribution in [0.2, 0.25) is 0 Å². The Morgan fingerprint density at radius 2 is 1.97 bits per heavy atom. The number of anilines is 3. The first-order valence-corrected chi connectivity index (χ1v) is 11.3. The number of para-hydroxylation sites is 1. The minimum Gasteiger partial charge on any atom is -0.494 e. The lowest BCUT2D eigenvalue weighted by Crippen LogP contribution is -2.33. The molecule has 0 spiro atoms. The number of nitrogens with two attached hydrogens (primary N) is 2. The number of methoxy groups -OCH3 is 1. The number of aromatic nitrogens is 4. The molecular formula is C25H29N9O2. The summed E-state index contributed by atoms with van der Waals surface area (Å²) in [6.45, 7) is 3.93. The predicted octanol–water partition coefficient (Wildman–Crippen LogP) is 3.24. The molecule has 0 aliphatic rings. The highest BCUT2D eigenvalue weighted by molar-refractivity contribution is 5.81. The van der Waals surface area contributed by atoms with Gasteiger partial charge in [0.2, 0.25) is 0 Å². The number of nitrogens with one attached hydrogen (secondary N) is 2. The first kappa shape index (κ1) is 24.5. The van der Waals surface area contributed by atoms with Crippen LogP contribution in [-0.2, 0) is 0 Å². The molecule has 11 nitrogen and oxygen atoms in total. The van der Waals surface area contributed by atoms with E-state index in [0.717, 1.165) is 17.5 Å². The Labute approximate surface area is 208 Å². The van der Waals surface area contributed by atoms with Gasteiger partial charge in [-0.2, -0.15) is 0 Å². The van der Waals surface area contributed by atoms with Gasteiger partial charge in [-0.3, -0.25) is 9.78 Å². The van der Waals surface area contributed by atoms with Crippen LogP contribution >= 0.6 is 0 Å². The average Bonchev–Trinajstić information content (AvgIpc) is 3.32. The highest BCUT2D eigenvalue weighted by atomic mass is 16.5. The molecule has 0 aliphatic carbocycles. The normalized spacial score (nSPS) is 11.6. The minimum absolute atomic E-state index is 0.0738. The second-order valence-electron chi connectivity index (χ2n) is 8.30. The Balaban J connectivity index is 1.76. The lowest BCUT2D eigenvalue weighted by Gasteiger charge is -2.19. The van der Waals surface area contributed by atoms with Crippen molar-refractivity contribution in [3.8, 4) is 17.0 Å². The van der Waals surface area contributed by atoms with E-state index in [1.54, 1.807) is 36.2 Å². The van der Waals surface area contributed by atoms with E-state index in [1.165, 1.54) is 11.2 Å². The van der Waals surface area contributed by atoms with E-state index >= 15 is 0 Å². The number of hydrogen-bond acceptors (Lipinski definition) is 10. The van der Waals surface area contributed by atoms with Crippen LogP contribution in [0.25, 0.3) is 22.6 Å². The van der Waals surface area contributed by atoms with Gasteiger partial charge in [0.1, 0.15) is 5.69 Å². The molecule has 4 aromatic rings. The van der Waals surface area contributed by atoms with E-state index in [2.05, 4.69) is 20.6 Å². The largest absolute Gasteiger partial charge is 0.494 e. The average molecular weight is 488 g/mol. The zero-order valence-electron chi connectivity index (χ0n) is 20.6. The van der Waals surface area contributed by atoms with Crippen LogP contribution < -0.4 is 26.9 Å².